The van der Waals surface area contributed by atoms with Crippen LogP contribution in [0.15, 0.2) is 78.4 Å². The van der Waals surface area contributed by atoms with Crippen LogP contribution in [0.4, 0.5) is 0 Å². The predicted molar refractivity (Wildman–Crippen MR) is 99.0 cm³/mol. The summed E-state index contributed by atoms with van der Waals surface area (Å²) in [6.07, 6.45) is 8.30. The van der Waals surface area contributed by atoms with E-state index in [-0.39, 0.29) is 17.4 Å². The van der Waals surface area contributed by atoms with Gasteiger partial charge in [-0.3, -0.25) is 0 Å². The third kappa shape index (κ3) is 8.48. The molecular formula is C21H12Cl2CrO3. The van der Waals surface area contributed by atoms with Crippen LogP contribution >= 0.6 is 23.2 Å². The summed E-state index contributed by atoms with van der Waals surface area (Å²) in [6.45, 7) is 13.5. The maximum Gasteiger partial charge on any atom is 0 e. The van der Waals surface area contributed by atoms with Crippen molar-refractivity contribution in [3.05, 3.63) is 120 Å². The van der Waals surface area contributed by atoms with Gasteiger partial charge in [-0.15, -0.1) is 0 Å². The molecule has 0 aliphatic heterocycles. The molecule has 0 radical (unpaired) electrons. The fraction of sp³-hybridized carbons (Fsp3) is 0. The first kappa shape index (κ1) is 27.2. The second kappa shape index (κ2) is 16.2. The Hall–Kier alpha value is -2.01. The summed E-state index contributed by atoms with van der Waals surface area (Å²) in [5, 5.41) is 1.48. The van der Waals surface area contributed by atoms with Gasteiger partial charge in [0.05, 0.1) is 0 Å². The number of rotatable bonds is 2. The van der Waals surface area contributed by atoms with Crippen molar-refractivity contribution >= 4 is 28.8 Å². The number of benzene rings is 2. The summed E-state index contributed by atoms with van der Waals surface area (Å²) in [4.78, 5) is 0. The van der Waals surface area contributed by atoms with Crippen molar-refractivity contribution in [2.24, 2.45) is 0 Å². The Balaban J connectivity index is 0. The SMILES string of the molecule is Clc1ccc(C(=C2C=CC=C2)c2ccc(Cl)cc2)cc1.[C-]#[O+].[C-]#[O+].[C-]#[O+].[Cr]. The molecule has 0 N–H and O–H groups in total. The van der Waals surface area contributed by atoms with Crippen molar-refractivity contribution in [2.45, 2.75) is 0 Å². The van der Waals surface area contributed by atoms with Crippen molar-refractivity contribution < 1.29 is 31.3 Å². The zero-order valence-corrected chi connectivity index (χ0v) is 16.6. The van der Waals surface area contributed by atoms with Crippen molar-refractivity contribution in [2.75, 3.05) is 0 Å². The Labute approximate surface area is 179 Å². The zero-order chi connectivity index (χ0) is 19.9. The van der Waals surface area contributed by atoms with Crippen LogP contribution in [-0.4, -0.2) is 0 Å². The summed E-state index contributed by atoms with van der Waals surface area (Å²) < 4.78 is 22.5. The van der Waals surface area contributed by atoms with E-state index in [2.05, 4.69) is 32.1 Å². The molecule has 1 aliphatic rings. The molecule has 6 heteroatoms. The molecule has 1 aliphatic carbocycles. The summed E-state index contributed by atoms with van der Waals surface area (Å²) >= 11 is 12.0. The molecule has 0 amide bonds. The fourth-order valence-corrected chi connectivity index (χ4v) is 2.53. The van der Waals surface area contributed by atoms with Crippen LogP contribution in [0.3, 0.4) is 0 Å². The van der Waals surface area contributed by atoms with Crippen LogP contribution < -0.4 is 0 Å². The largest absolute Gasteiger partial charge is 0 e. The molecule has 0 saturated carbocycles. The van der Waals surface area contributed by atoms with Crippen LogP contribution in [0.1, 0.15) is 11.1 Å². The van der Waals surface area contributed by atoms with E-state index >= 15 is 0 Å². The molecule has 3 rings (SSSR count). The van der Waals surface area contributed by atoms with E-state index in [1.54, 1.807) is 0 Å². The Kier molecular flexibility index (Phi) is 16.3. The van der Waals surface area contributed by atoms with E-state index in [0.29, 0.717) is 0 Å². The third-order valence-corrected chi connectivity index (χ3v) is 3.72. The van der Waals surface area contributed by atoms with E-state index in [1.165, 1.54) is 11.1 Å². The Morgan fingerprint density at radius 3 is 1.19 bits per heavy atom. The smallest absolute Gasteiger partial charge is 0 e. The van der Waals surface area contributed by atoms with Gasteiger partial charge in [-0.25, -0.2) is 0 Å². The fourth-order valence-electron chi connectivity index (χ4n) is 2.27. The monoisotopic (exact) mass is 434 g/mol. The van der Waals surface area contributed by atoms with Gasteiger partial charge in [0.15, 0.2) is 0 Å². The molecule has 134 valence electrons. The van der Waals surface area contributed by atoms with Crippen molar-refractivity contribution in [1.82, 2.24) is 0 Å². The first-order valence-electron chi connectivity index (χ1n) is 6.96. The normalized spacial score (nSPS) is 9.85. The van der Waals surface area contributed by atoms with Gasteiger partial charge in [0, 0.05) is 27.4 Å². The first-order chi connectivity index (χ1) is 12.7. The van der Waals surface area contributed by atoms with E-state index in [4.69, 9.17) is 37.2 Å². The molecule has 2 aromatic rings. The van der Waals surface area contributed by atoms with Gasteiger partial charge in [0.1, 0.15) is 0 Å². The van der Waals surface area contributed by atoms with Crippen LogP contribution in [0.25, 0.3) is 5.57 Å². The minimum absolute atomic E-state index is 0. The zero-order valence-electron chi connectivity index (χ0n) is 13.8. The summed E-state index contributed by atoms with van der Waals surface area (Å²) in [5.41, 5.74) is 4.66. The number of halogens is 2. The second-order valence-corrected chi connectivity index (χ2v) is 5.44. The summed E-state index contributed by atoms with van der Waals surface area (Å²) in [5.74, 6) is 0. The molecular weight excluding hydrogens is 423 g/mol. The van der Waals surface area contributed by atoms with Crippen LogP contribution in [0, 0.1) is 20.0 Å². The summed E-state index contributed by atoms with van der Waals surface area (Å²) in [6, 6.07) is 15.8. The quantitative estimate of drug-likeness (QED) is 0.423. The molecule has 0 atom stereocenters. The van der Waals surface area contributed by atoms with E-state index in [9.17, 15) is 0 Å². The first-order valence-corrected chi connectivity index (χ1v) is 7.72. The maximum absolute atomic E-state index is 7.50. The van der Waals surface area contributed by atoms with E-state index in [1.807, 2.05) is 60.7 Å². The van der Waals surface area contributed by atoms with Crippen LogP contribution in [0.5, 0.6) is 0 Å². The molecule has 0 heterocycles. The van der Waals surface area contributed by atoms with E-state index < -0.39 is 0 Å². The minimum Gasteiger partial charge on any atom is 0 e. The molecule has 27 heavy (non-hydrogen) atoms. The molecule has 0 fully saturated rings. The van der Waals surface area contributed by atoms with Crippen molar-refractivity contribution in [1.29, 1.82) is 0 Å². The molecule has 3 nitrogen and oxygen atoms in total. The average Bonchev–Trinajstić information content (AvgIpc) is 3.24. The molecule has 0 spiro atoms. The van der Waals surface area contributed by atoms with Gasteiger partial charge in [0.25, 0.3) is 0 Å². The minimum atomic E-state index is 0. The van der Waals surface area contributed by atoms with Gasteiger partial charge < -0.3 is 0 Å². The maximum atomic E-state index is 7.50. The summed E-state index contributed by atoms with van der Waals surface area (Å²) in [7, 11) is 0. The van der Waals surface area contributed by atoms with Crippen molar-refractivity contribution in [3.8, 4) is 0 Å². The molecule has 0 saturated heterocycles. The molecule has 0 aromatic heterocycles. The molecule has 0 bridgehead atoms. The number of hydrogen-bond acceptors (Lipinski definition) is 0. The van der Waals surface area contributed by atoms with Gasteiger partial charge in [-0.1, -0.05) is 71.8 Å². The Bertz CT molecular complexity index is 768. The Morgan fingerprint density at radius 1 is 0.593 bits per heavy atom. The van der Waals surface area contributed by atoms with Crippen LogP contribution in [0.2, 0.25) is 10.0 Å². The molecule has 2 aromatic carbocycles. The van der Waals surface area contributed by atoms with Crippen molar-refractivity contribution in [3.63, 3.8) is 0 Å². The topological polar surface area (TPSA) is 59.7 Å². The van der Waals surface area contributed by atoms with E-state index in [0.717, 1.165) is 21.2 Å². The third-order valence-electron chi connectivity index (χ3n) is 3.22. The number of hydrogen-bond donors (Lipinski definition) is 0. The van der Waals surface area contributed by atoms with Gasteiger partial charge in [-0.05, 0) is 46.5 Å². The average molecular weight is 435 g/mol. The molecule has 0 unspecified atom stereocenters. The van der Waals surface area contributed by atoms with Gasteiger partial charge in [0.2, 0.25) is 0 Å². The second-order valence-electron chi connectivity index (χ2n) is 4.56. The van der Waals surface area contributed by atoms with Gasteiger partial charge in [-0.2, -0.15) is 0 Å². The number of allylic oxidation sites excluding steroid dienone is 5. The Morgan fingerprint density at radius 2 is 0.889 bits per heavy atom. The predicted octanol–water partition coefficient (Wildman–Crippen LogP) is 5.81. The van der Waals surface area contributed by atoms with Crippen LogP contribution in [-0.2, 0) is 31.3 Å². The van der Waals surface area contributed by atoms with Gasteiger partial charge >= 0.3 is 33.9 Å². The standard InChI is InChI=1S/C18H12Cl2.3CO.Cr/c19-16-9-5-14(6-10-16)18(13-3-1-2-4-13)15-7-11-17(20)12-8-15;3*1-2;/h1-12H;;;;.